The fourth-order valence-electron chi connectivity index (χ4n) is 8.54. The molecule has 0 amide bonds. The molecule has 0 fully saturated rings. The third-order valence-corrected chi connectivity index (χ3v) is 11.4. The van der Waals surface area contributed by atoms with Crippen LogP contribution in [0.1, 0.15) is 0 Å². The fraction of sp³-hybridized carbons (Fsp3) is 0. The molecule has 11 aromatic rings. The van der Waals surface area contributed by atoms with Gasteiger partial charge in [-0.1, -0.05) is 170 Å². The number of hydrogen-bond acceptors (Lipinski definition) is 2. The van der Waals surface area contributed by atoms with Crippen LogP contribution in [0.15, 0.2) is 229 Å². The summed E-state index contributed by atoms with van der Waals surface area (Å²) < 4.78 is 6.56. The van der Waals surface area contributed by atoms with Crippen LogP contribution in [0.3, 0.4) is 0 Å². The number of para-hydroxylation sites is 1. The number of nitrogens with zero attached hydrogens (tertiary/aromatic N) is 1. The molecule has 0 spiro atoms. The predicted molar refractivity (Wildman–Crippen MR) is 245 cm³/mol. The summed E-state index contributed by atoms with van der Waals surface area (Å²) in [5, 5.41) is 7.07. The van der Waals surface area contributed by atoms with Crippen LogP contribution >= 0.6 is 0 Å². The molecule has 272 valence electrons. The standard InChI is InChI=1S/C56H37NO/c1-2-12-38(13-3-1)40-24-26-41(27-25-40)42-30-32-48(33-31-42)57(49-19-10-18-44(35-49)47-29-28-39-14-4-5-15-43(39)34-47)53-22-9-8-20-50(53)51-21-11-23-54-56(51)52-36-45-16-6-7-17-46(45)37-55(52)58-54/h1-37H. The minimum Gasteiger partial charge on any atom is -0.456 e. The van der Waals surface area contributed by atoms with Crippen molar-refractivity contribution in [3.8, 4) is 44.5 Å². The predicted octanol–water partition coefficient (Wildman–Crippen LogP) is 16.0. The van der Waals surface area contributed by atoms with Gasteiger partial charge in [0.15, 0.2) is 0 Å². The van der Waals surface area contributed by atoms with E-state index >= 15 is 0 Å². The summed E-state index contributed by atoms with van der Waals surface area (Å²) in [5.41, 5.74) is 14.4. The van der Waals surface area contributed by atoms with Gasteiger partial charge in [0, 0.05) is 27.7 Å². The van der Waals surface area contributed by atoms with Crippen LogP contribution < -0.4 is 4.90 Å². The Morgan fingerprint density at radius 3 is 1.59 bits per heavy atom. The van der Waals surface area contributed by atoms with Crippen molar-refractivity contribution in [2.75, 3.05) is 4.90 Å². The Hall–Kier alpha value is -7.68. The minimum absolute atomic E-state index is 0.880. The average Bonchev–Trinajstić information content (AvgIpc) is 3.66. The lowest BCUT2D eigenvalue weighted by molar-refractivity contribution is 0.669. The number of rotatable bonds is 7. The summed E-state index contributed by atoms with van der Waals surface area (Å²) in [7, 11) is 0. The summed E-state index contributed by atoms with van der Waals surface area (Å²) in [6.07, 6.45) is 0. The molecule has 1 heterocycles. The van der Waals surface area contributed by atoms with Crippen molar-refractivity contribution in [2.24, 2.45) is 0 Å². The first-order valence-electron chi connectivity index (χ1n) is 19.8. The molecular formula is C56H37NO. The summed E-state index contributed by atoms with van der Waals surface area (Å²) in [6, 6.07) is 80.7. The number of hydrogen-bond donors (Lipinski definition) is 0. The van der Waals surface area contributed by atoms with Crippen molar-refractivity contribution in [1.29, 1.82) is 0 Å². The van der Waals surface area contributed by atoms with Crippen molar-refractivity contribution < 1.29 is 4.42 Å². The van der Waals surface area contributed by atoms with Gasteiger partial charge in [-0.05, 0) is 115 Å². The molecule has 2 nitrogen and oxygen atoms in total. The second-order valence-electron chi connectivity index (χ2n) is 14.9. The highest BCUT2D eigenvalue weighted by atomic mass is 16.3. The van der Waals surface area contributed by atoms with Gasteiger partial charge in [-0.15, -0.1) is 0 Å². The van der Waals surface area contributed by atoms with Gasteiger partial charge >= 0.3 is 0 Å². The van der Waals surface area contributed by atoms with Crippen LogP contribution in [0.2, 0.25) is 0 Å². The van der Waals surface area contributed by atoms with Gasteiger partial charge in [0.25, 0.3) is 0 Å². The Balaban J connectivity index is 1.07. The molecule has 58 heavy (non-hydrogen) atoms. The first-order valence-corrected chi connectivity index (χ1v) is 19.8. The number of anilines is 3. The highest BCUT2D eigenvalue weighted by molar-refractivity contribution is 6.16. The Morgan fingerprint density at radius 1 is 0.293 bits per heavy atom. The monoisotopic (exact) mass is 739 g/mol. The topological polar surface area (TPSA) is 16.4 Å². The van der Waals surface area contributed by atoms with Gasteiger partial charge in [0.05, 0.1) is 5.69 Å². The molecule has 0 saturated carbocycles. The van der Waals surface area contributed by atoms with E-state index in [4.69, 9.17) is 4.42 Å². The Morgan fingerprint density at radius 2 is 0.828 bits per heavy atom. The van der Waals surface area contributed by atoms with Crippen molar-refractivity contribution in [3.05, 3.63) is 224 Å². The molecule has 0 N–H and O–H groups in total. The maximum atomic E-state index is 6.56. The zero-order valence-corrected chi connectivity index (χ0v) is 31.7. The summed E-state index contributed by atoms with van der Waals surface area (Å²) >= 11 is 0. The second kappa shape index (κ2) is 14.1. The Labute approximate surface area is 337 Å². The maximum absolute atomic E-state index is 6.56. The van der Waals surface area contributed by atoms with Gasteiger partial charge in [-0.3, -0.25) is 0 Å². The summed E-state index contributed by atoms with van der Waals surface area (Å²) in [4.78, 5) is 2.40. The first kappa shape index (κ1) is 33.6. The number of furan rings is 1. The number of fused-ring (bicyclic) bond motifs is 5. The lowest BCUT2D eigenvalue weighted by Gasteiger charge is -2.28. The van der Waals surface area contributed by atoms with Crippen molar-refractivity contribution in [2.45, 2.75) is 0 Å². The minimum atomic E-state index is 0.880. The largest absolute Gasteiger partial charge is 0.456 e. The molecule has 0 radical (unpaired) electrons. The van der Waals surface area contributed by atoms with Gasteiger partial charge in [0.1, 0.15) is 11.2 Å². The van der Waals surface area contributed by atoms with E-state index < -0.39 is 0 Å². The van der Waals surface area contributed by atoms with Gasteiger partial charge in [-0.25, -0.2) is 0 Å². The van der Waals surface area contributed by atoms with Crippen LogP contribution in [0, 0.1) is 0 Å². The Kier molecular flexibility index (Phi) is 8.19. The van der Waals surface area contributed by atoms with E-state index in [0.717, 1.165) is 55.7 Å². The molecule has 0 aliphatic carbocycles. The molecule has 0 saturated heterocycles. The molecule has 2 heteroatoms. The van der Waals surface area contributed by atoms with Crippen LogP contribution in [-0.4, -0.2) is 0 Å². The van der Waals surface area contributed by atoms with Crippen molar-refractivity contribution in [1.82, 2.24) is 0 Å². The SMILES string of the molecule is c1ccc(-c2ccc(-c3ccc(N(c4cccc(-c5ccc6ccccc6c5)c4)c4ccccc4-c4cccc5oc6cc7ccccc7cc6c45)cc3)cc2)cc1. The van der Waals surface area contributed by atoms with E-state index in [2.05, 4.69) is 229 Å². The zero-order valence-electron chi connectivity index (χ0n) is 31.7. The number of benzene rings is 10. The van der Waals surface area contributed by atoms with Gasteiger partial charge in [-0.2, -0.15) is 0 Å². The van der Waals surface area contributed by atoms with E-state index in [1.807, 2.05) is 0 Å². The van der Waals surface area contributed by atoms with Crippen molar-refractivity contribution >= 4 is 60.5 Å². The lowest BCUT2D eigenvalue weighted by atomic mass is 9.95. The zero-order chi connectivity index (χ0) is 38.4. The first-order chi connectivity index (χ1) is 28.7. The van der Waals surface area contributed by atoms with Gasteiger partial charge in [0.2, 0.25) is 0 Å². The van der Waals surface area contributed by atoms with E-state index in [-0.39, 0.29) is 0 Å². The smallest absolute Gasteiger partial charge is 0.136 e. The van der Waals surface area contributed by atoms with E-state index in [0.29, 0.717) is 0 Å². The fourth-order valence-corrected chi connectivity index (χ4v) is 8.54. The molecule has 0 bridgehead atoms. The Bertz CT molecular complexity index is 3270. The molecule has 0 aliphatic rings. The molecule has 0 aliphatic heterocycles. The quantitative estimate of drug-likeness (QED) is 0.162. The second-order valence-corrected chi connectivity index (χ2v) is 14.9. The third-order valence-electron chi connectivity index (χ3n) is 11.4. The van der Waals surface area contributed by atoms with Crippen LogP contribution in [0.25, 0.3) is 88.0 Å². The third kappa shape index (κ3) is 6.00. The molecule has 10 aromatic carbocycles. The van der Waals surface area contributed by atoms with Crippen molar-refractivity contribution in [3.63, 3.8) is 0 Å². The normalized spacial score (nSPS) is 11.4. The highest BCUT2D eigenvalue weighted by Crippen LogP contribution is 2.46. The van der Waals surface area contributed by atoms with Gasteiger partial charge < -0.3 is 9.32 Å². The summed E-state index contributed by atoms with van der Waals surface area (Å²) in [5.74, 6) is 0. The van der Waals surface area contributed by atoms with E-state index in [1.165, 1.54) is 49.4 Å². The van der Waals surface area contributed by atoms with Crippen LogP contribution in [0.4, 0.5) is 17.1 Å². The van der Waals surface area contributed by atoms with E-state index in [1.54, 1.807) is 0 Å². The molecule has 11 rings (SSSR count). The molecule has 1 aromatic heterocycles. The summed E-state index contributed by atoms with van der Waals surface area (Å²) in [6.45, 7) is 0. The van der Waals surface area contributed by atoms with Crippen LogP contribution in [0.5, 0.6) is 0 Å². The molecule has 0 atom stereocenters. The lowest BCUT2D eigenvalue weighted by Crippen LogP contribution is -2.11. The maximum Gasteiger partial charge on any atom is 0.136 e. The molecular weight excluding hydrogens is 703 g/mol. The molecule has 0 unspecified atom stereocenters. The van der Waals surface area contributed by atoms with Crippen LogP contribution in [-0.2, 0) is 0 Å². The highest BCUT2D eigenvalue weighted by Gasteiger charge is 2.21. The van der Waals surface area contributed by atoms with E-state index in [9.17, 15) is 0 Å². The average molecular weight is 740 g/mol.